The maximum absolute atomic E-state index is 12.1. The van der Waals surface area contributed by atoms with Crippen molar-refractivity contribution in [1.29, 1.82) is 0 Å². The molecule has 3 N–H and O–H groups in total. The Balaban J connectivity index is 2.26. The standard InChI is InChI=1S/C10H15N3O3S/c1-2-10(14)6-13(7-10)17(15,16)8-4-3-5-12-9(8)11/h3-5,14H,2,6-7H2,1H3,(H2,11,12). The predicted molar refractivity (Wildman–Crippen MR) is 62.6 cm³/mol. The van der Waals surface area contributed by atoms with Crippen LogP contribution in [0.4, 0.5) is 5.82 Å². The van der Waals surface area contributed by atoms with E-state index in [9.17, 15) is 13.5 Å². The van der Waals surface area contributed by atoms with Crippen LogP contribution in [0.3, 0.4) is 0 Å². The van der Waals surface area contributed by atoms with E-state index >= 15 is 0 Å². The van der Waals surface area contributed by atoms with Crippen LogP contribution in [0.15, 0.2) is 23.2 Å². The average Bonchev–Trinajstić information content (AvgIpc) is 2.25. The molecule has 0 unspecified atom stereocenters. The summed E-state index contributed by atoms with van der Waals surface area (Å²) >= 11 is 0. The minimum Gasteiger partial charge on any atom is -0.387 e. The highest BCUT2D eigenvalue weighted by Gasteiger charge is 2.46. The molecule has 0 bridgehead atoms. The molecule has 1 aliphatic heterocycles. The van der Waals surface area contributed by atoms with Crippen molar-refractivity contribution < 1.29 is 13.5 Å². The highest BCUT2D eigenvalue weighted by molar-refractivity contribution is 7.89. The first kappa shape index (κ1) is 12.3. The van der Waals surface area contributed by atoms with Crippen LogP contribution >= 0.6 is 0 Å². The van der Waals surface area contributed by atoms with Crippen LogP contribution in [0.1, 0.15) is 13.3 Å². The Morgan fingerprint density at radius 2 is 2.24 bits per heavy atom. The highest BCUT2D eigenvalue weighted by atomic mass is 32.2. The minimum atomic E-state index is -3.63. The van der Waals surface area contributed by atoms with Crippen molar-refractivity contribution in [3.8, 4) is 0 Å². The first-order chi connectivity index (χ1) is 7.89. The summed E-state index contributed by atoms with van der Waals surface area (Å²) in [7, 11) is -3.63. The van der Waals surface area contributed by atoms with Crippen LogP contribution in [0.2, 0.25) is 0 Å². The summed E-state index contributed by atoms with van der Waals surface area (Å²) in [5, 5.41) is 9.82. The van der Waals surface area contributed by atoms with Crippen molar-refractivity contribution in [3.05, 3.63) is 18.3 Å². The van der Waals surface area contributed by atoms with E-state index in [1.54, 1.807) is 0 Å². The summed E-state index contributed by atoms with van der Waals surface area (Å²) in [6, 6.07) is 2.94. The molecule has 94 valence electrons. The molecule has 1 saturated heterocycles. The van der Waals surface area contributed by atoms with Gasteiger partial charge >= 0.3 is 0 Å². The molecule has 1 fully saturated rings. The van der Waals surface area contributed by atoms with E-state index in [0.717, 1.165) is 0 Å². The van der Waals surface area contributed by atoms with Gasteiger partial charge in [-0.15, -0.1) is 0 Å². The van der Waals surface area contributed by atoms with Crippen LogP contribution < -0.4 is 5.73 Å². The van der Waals surface area contributed by atoms with Crippen LogP contribution in [0.5, 0.6) is 0 Å². The smallest absolute Gasteiger partial charge is 0.246 e. The van der Waals surface area contributed by atoms with Gasteiger partial charge in [-0.05, 0) is 18.6 Å². The van der Waals surface area contributed by atoms with Gasteiger partial charge in [-0.25, -0.2) is 13.4 Å². The fraction of sp³-hybridized carbons (Fsp3) is 0.500. The van der Waals surface area contributed by atoms with E-state index in [2.05, 4.69) is 4.98 Å². The molecule has 7 heteroatoms. The summed E-state index contributed by atoms with van der Waals surface area (Å²) in [5.41, 5.74) is 4.65. The molecule has 6 nitrogen and oxygen atoms in total. The van der Waals surface area contributed by atoms with Gasteiger partial charge < -0.3 is 10.8 Å². The number of nitrogens with zero attached hydrogens (tertiary/aromatic N) is 2. The van der Waals surface area contributed by atoms with Crippen LogP contribution in [-0.4, -0.2) is 41.5 Å². The molecule has 0 aliphatic carbocycles. The molecule has 0 spiro atoms. The zero-order valence-corrected chi connectivity index (χ0v) is 10.3. The Bertz CT molecular complexity index is 523. The zero-order valence-electron chi connectivity index (χ0n) is 9.50. The van der Waals surface area contributed by atoms with Crippen molar-refractivity contribution in [2.45, 2.75) is 23.8 Å². The van der Waals surface area contributed by atoms with E-state index in [1.807, 2.05) is 6.92 Å². The van der Waals surface area contributed by atoms with Gasteiger partial charge in [0.15, 0.2) is 0 Å². The maximum atomic E-state index is 12.1. The molecular formula is C10H15N3O3S. The quantitative estimate of drug-likeness (QED) is 0.782. The fourth-order valence-corrected chi connectivity index (χ4v) is 3.43. The van der Waals surface area contributed by atoms with Gasteiger partial charge in [0.1, 0.15) is 10.7 Å². The molecule has 0 atom stereocenters. The van der Waals surface area contributed by atoms with Crippen LogP contribution in [-0.2, 0) is 10.0 Å². The Kier molecular flexibility index (Phi) is 2.84. The number of β-amino-alcohol motifs (C(OH)–C–C–N with tert-alkyl or cyclic N) is 1. The number of anilines is 1. The van der Waals surface area contributed by atoms with Crippen molar-refractivity contribution in [2.24, 2.45) is 0 Å². The molecule has 0 saturated carbocycles. The van der Waals surface area contributed by atoms with E-state index in [4.69, 9.17) is 5.73 Å². The molecule has 0 aromatic carbocycles. The summed E-state index contributed by atoms with van der Waals surface area (Å²) in [5.74, 6) is -0.0144. The zero-order chi connectivity index (χ0) is 12.7. The van der Waals surface area contributed by atoms with Gasteiger partial charge in [-0.3, -0.25) is 0 Å². The number of hydrogen-bond acceptors (Lipinski definition) is 5. The third-order valence-corrected chi connectivity index (χ3v) is 4.86. The van der Waals surface area contributed by atoms with Crippen molar-refractivity contribution in [3.63, 3.8) is 0 Å². The number of nitrogen functional groups attached to an aromatic ring is 1. The van der Waals surface area contributed by atoms with Crippen molar-refractivity contribution >= 4 is 15.8 Å². The Morgan fingerprint density at radius 3 is 2.76 bits per heavy atom. The third kappa shape index (κ3) is 2.01. The fourth-order valence-electron chi connectivity index (χ4n) is 1.76. The molecule has 0 amide bonds. The molecule has 17 heavy (non-hydrogen) atoms. The second kappa shape index (κ2) is 3.94. The second-order valence-corrected chi connectivity index (χ2v) is 6.14. The van der Waals surface area contributed by atoms with E-state index in [0.29, 0.717) is 6.42 Å². The molecule has 1 aliphatic rings. The van der Waals surface area contributed by atoms with E-state index in [-0.39, 0.29) is 23.8 Å². The molecule has 2 rings (SSSR count). The average molecular weight is 257 g/mol. The first-order valence-electron chi connectivity index (χ1n) is 5.32. The topological polar surface area (TPSA) is 96.5 Å². The van der Waals surface area contributed by atoms with Gasteiger partial charge in [0.25, 0.3) is 0 Å². The highest BCUT2D eigenvalue weighted by Crippen LogP contribution is 2.31. The second-order valence-electron chi connectivity index (χ2n) is 4.24. The van der Waals surface area contributed by atoms with Crippen molar-refractivity contribution in [1.82, 2.24) is 9.29 Å². The van der Waals surface area contributed by atoms with Gasteiger partial charge in [0.2, 0.25) is 10.0 Å². The largest absolute Gasteiger partial charge is 0.387 e. The number of aliphatic hydroxyl groups is 1. The van der Waals surface area contributed by atoms with Gasteiger partial charge in [-0.1, -0.05) is 6.92 Å². The normalized spacial score (nSPS) is 19.9. The molecule has 1 aromatic heterocycles. The molecule has 1 aromatic rings. The molecule has 0 radical (unpaired) electrons. The number of pyridine rings is 1. The summed E-state index contributed by atoms with van der Waals surface area (Å²) < 4.78 is 25.5. The minimum absolute atomic E-state index is 0.00171. The SMILES string of the molecule is CCC1(O)CN(S(=O)(=O)c2cccnc2N)C1. The van der Waals surface area contributed by atoms with Crippen LogP contribution in [0, 0.1) is 0 Å². The van der Waals surface area contributed by atoms with Gasteiger partial charge in [0, 0.05) is 19.3 Å². The Morgan fingerprint density at radius 1 is 1.59 bits per heavy atom. The molecule has 2 heterocycles. The number of sulfonamides is 1. The number of rotatable bonds is 3. The molecular weight excluding hydrogens is 242 g/mol. The maximum Gasteiger partial charge on any atom is 0.246 e. The Labute approximate surface area is 100 Å². The van der Waals surface area contributed by atoms with Gasteiger partial charge in [0.05, 0.1) is 5.60 Å². The lowest BCUT2D eigenvalue weighted by Crippen LogP contribution is -2.62. The van der Waals surface area contributed by atoms with Gasteiger partial charge in [-0.2, -0.15) is 4.31 Å². The number of hydrogen-bond donors (Lipinski definition) is 2. The first-order valence-corrected chi connectivity index (χ1v) is 6.76. The monoisotopic (exact) mass is 257 g/mol. The van der Waals surface area contributed by atoms with E-state index in [1.165, 1.54) is 22.6 Å². The lowest BCUT2D eigenvalue weighted by molar-refractivity contribution is -0.0613. The Hall–Kier alpha value is -1.18. The lowest BCUT2D eigenvalue weighted by atomic mass is 9.94. The number of aromatic nitrogens is 1. The lowest BCUT2D eigenvalue weighted by Gasteiger charge is -2.44. The summed E-state index contributed by atoms with van der Waals surface area (Å²) in [6.45, 7) is 2.04. The van der Waals surface area contributed by atoms with Crippen LogP contribution in [0.25, 0.3) is 0 Å². The number of nitrogens with two attached hydrogens (primary N) is 1. The van der Waals surface area contributed by atoms with E-state index < -0.39 is 15.6 Å². The summed E-state index contributed by atoms with van der Waals surface area (Å²) in [4.78, 5) is 3.75. The third-order valence-electron chi connectivity index (χ3n) is 3.02. The summed E-state index contributed by atoms with van der Waals surface area (Å²) in [6.07, 6.45) is 1.97. The van der Waals surface area contributed by atoms with Crippen molar-refractivity contribution in [2.75, 3.05) is 18.8 Å². The predicted octanol–water partition coefficient (Wildman–Crippen LogP) is -0.191.